The van der Waals surface area contributed by atoms with Crippen LogP contribution in [0.15, 0.2) is 78.5 Å². The molecule has 0 spiro atoms. The number of nitrogens with one attached hydrogen (secondary N) is 1. The molecule has 3 aliphatic rings. The van der Waals surface area contributed by atoms with Crippen LogP contribution in [0.2, 0.25) is 0 Å². The van der Waals surface area contributed by atoms with E-state index in [1.165, 1.54) is 5.57 Å². The lowest BCUT2D eigenvalue weighted by Gasteiger charge is -2.32. The average Bonchev–Trinajstić information content (AvgIpc) is 3.16. The van der Waals surface area contributed by atoms with Crippen LogP contribution in [0.3, 0.4) is 0 Å². The summed E-state index contributed by atoms with van der Waals surface area (Å²) in [4.78, 5) is 6.47. The van der Waals surface area contributed by atoms with E-state index in [1.54, 1.807) is 12.4 Å². The van der Waals surface area contributed by atoms with Gasteiger partial charge in [0.05, 0.1) is 18.5 Å². The third-order valence-electron chi connectivity index (χ3n) is 5.46. The van der Waals surface area contributed by atoms with E-state index in [9.17, 15) is 0 Å². The van der Waals surface area contributed by atoms with Gasteiger partial charge in [-0.25, -0.2) is 0 Å². The molecule has 3 heterocycles. The molecule has 1 atom stereocenters. The van der Waals surface area contributed by atoms with Crippen LogP contribution in [0.4, 0.5) is 17.1 Å². The summed E-state index contributed by atoms with van der Waals surface area (Å²) in [7, 11) is 0. The molecule has 0 bridgehead atoms. The van der Waals surface area contributed by atoms with Gasteiger partial charge in [-0.1, -0.05) is 12.2 Å². The van der Waals surface area contributed by atoms with Gasteiger partial charge in [0, 0.05) is 42.3 Å². The van der Waals surface area contributed by atoms with Crippen molar-refractivity contribution >= 4 is 17.1 Å². The molecular formula is C23H23N3O2. The molecule has 142 valence electrons. The molecular weight excluding hydrogens is 350 g/mol. The van der Waals surface area contributed by atoms with Gasteiger partial charge in [0.15, 0.2) is 0 Å². The van der Waals surface area contributed by atoms with Crippen LogP contribution in [0, 0.1) is 5.92 Å². The van der Waals surface area contributed by atoms with Crippen molar-refractivity contribution in [1.29, 1.82) is 0 Å². The number of anilines is 3. The number of allylic oxidation sites excluding steroid dienone is 4. The van der Waals surface area contributed by atoms with E-state index in [-0.39, 0.29) is 0 Å². The number of benzene rings is 1. The molecule has 5 nitrogen and oxygen atoms in total. The summed E-state index contributed by atoms with van der Waals surface area (Å²) in [5, 5.41) is 3.40. The molecule has 0 fully saturated rings. The SMILES string of the molecule is C1=CCC2C(CCN3CCOc4cc(Nc5ccncc5)ccc43)=COC2=C1. The predicted molar refractivity (Wildman–Crippen MR) is 111 cm³/mol. The predicted octanol–water partition coefficient (Wildman–Crippen LogP) is 4.79. The van der Waals surface area contributed by atoms with Crippen molar-refractivity contribution in [3.63, 3.8) is 0 Å². The van der Waals surface area contributed by atoms with Crippen LogP contribution in [-0.4, -0.2) is 24.7 Å². The van der Waals surface area contributed by atoms with Crippen molar-refractivity contribution in [3.05, 3.63) is 78.5 Å². The van der Waals surface area contributed by atoms with E-state index >= 15 is 0 Å². The number of nitrogens with zero attached hydrogens (tertiary/aromatic N) is 2. The van der Waals surface area contributed by atoms with E-state index in [2.05, 4.69) is 51.6 Å². The molecule has 0 saturated heterocycles. The van der Waals surface area contributed by atoms with Gasteiger partial charge in [-0.15, -0.1) is 0 Å². The topological polar surface area (TPSA) is 46.6 Å². The number of aromatic nitrogens is 1. The van der Waals surface area contributed by atoms with E-state index in [4.69, 9.17) is 9.47 Å². The molecule has 0 amide bonds. The molecule has 1 aromatic carbocycles. The Bertz CT molecular complexity index is 950. The van der Waals surface area contributed by atoms with Gasteiger partial charge in [-0.3, -0.25) is 4.98 Å². The smallest absolute Gasteiger partial charge is 0.144 e. The minimum Gasteiger partial charge on any atom is -0.489 e. The van der Waals surface area contributed by atoms with Crippen molar-refractivity contribution in [3.8, 4) is 5.75 Å². The fourth-order valence-electron chi connectivity index (χ4n) is 3.98. The molecule has 5 heteroatoms. The second-order valence-electron chi connectivity index (χ2n) is 7.22. The Morgan fingerprint density at radius 1 is 1.14 bits per heavy atom. The van der Waals surface area contributed by atoms with E-state index in [0.717, 1.165) is 54.5 Å². The highest BCUT2D eigenvalue weighted by Crippen LogP contribution is 2.38. The zero-order valence-corrected chi connectivity index (χ0v) is 15.7. The number of fused-ring (bicyclic) bond motifs is 2. The number of rotatable bonds is 5. The Morgan fingerprint density at radius 2 is 2.07 bits per heavy atom. The number of ether oxygens (including phenoxy) is 2. The first kappa shape index (κ1) is 16.9. The highest BCUT2D eigenvalue weighted by molar-refractivity contribution is 5.69. The first-order chi connectivity index (χ1) is 13.9. The summed E-state index contributed by atoms with van der Waals surface area (Å²) < 4.78 is 11.7. The Labute approximate surface area is 165 Å². The van der Waals surface area contributed by atoms with Crippen molar-refractivity contribution in [2.45, 2.75) is 12.8 Å². The lowest BCUT2D eigenvalue weighted by Crippen LogP contribution is -2.33. The van der Waals surface area contributed by atoms with Crippen molar-refractivity contribution in [1.82, 2.24) is 4.98 Å². The van der Waals surface area contributed by atoms with Gasteiger partial charge >= 0.3 is 0 Å². The monoisotopic (exact) mass is 373 g/mol. The van der Waals surface area contributed by atoms with Crippen LogP contribution in [-0.2, 0) is 4.74 Å². The Balaban J connectivity index is 1.27. The molecule has 0 saturated carbocycles. The summed E-state index contributed by atoms with van der Waals surface area (Å²) in [6.45, 7) is 2.58. The maximum absolute atomic E-state index is 5.94. The van der Waals surface area contributed by atoms with Gasteiger partial charge in [0.25, 0.3) is 0 Å². The molecule has 1 aromatic heterocycles. The van der Waals surface area contributed by atoms with Gasteiger partial charge in [0.2, 0.25) is 0 Å². The second kappa shape index (κ2) is 7.43. The van der Waals surface area contributed by atoms with Crippen LogP contribution < -0.4 is 15.0 Å². The first-order valence-electron chi connectivity index (χ1n) is 9.78. The fourth-order valence-corrected chi connectivity index (χ4v) is 3.98. The molecule has 1 aliphatic carbocycles. The third-order valence-corrected chi connectivity index (χ3v) is 5.46. The van der Waals surface area contributed by atoms with Crippen molar-refractivity contribution in [2.24, 2.45) is 5.92 Å². The Hall–Kier alpha value is -3.21. The van der Waals surface area contributed by atoms with Gasteiger partial charge in [0.1, 0.15) is 18.1 Å². The Morgan fingerprint density at radius 3 is 3.00 bits per heavy atom. The molecule has 28 heavy (non-hydrogen) atoms. The summed E-state index contributed by atoms with van der Waals surface area (Å²) in [5.74, 6) is 2.45. The summed E-state index contributed by atoms with van der Waals surface area (Å²) in [6, 6.07) is 10.2. The molecule has 0 radical (unpaired) electrons. The summed E-state index contributed by atoms with van der Waals surface area (Å²) >= 11 is 0. The second-order valence-corrected chi connectivity index (χ2v) is 7.22. The fraction of sp³-hybridized carbons (Fsp3) is 0.261. The Kier molecular flexibility index (Phi) is 4.49. The van der Waals surface area contributed by atoms with Gasteiger partial charge in [-0.2, -0.15) is 0 Å². The molecule has 1 N–H and O–H groups in total. The lowest BCUT2D eigenvalue weighted by molar-refractivity contribution is 0.307. The van der Waals surface area contributed by atoms with Crippen LogP contribution in [0.1, 0.15) is 12.8 Å². The summed E-state index contributed by atoms with van der Waals surface area (Å²) in [6.07, 6.45) is 13.9. The van der Waals surface area contributed by atoms with Crippen molar-refractivity contribution in [2.75, 3.05) is 29.9 Å². The minimum absolute atomic E-state index is 0.428. The van der Waals surface area contributed by atoms with Crippen LogP contribution in [0.5, 0.6) is 5.75 Å². The highest BCUT2D eigenvalue weighted by Gasteiger charge is 2.27. The lowest BCUT2D eigenvalue weighted by atomic mass is 9.91. The standard InChI is InChI=1S/C23H23N3O2/c1-2-4-22-20(3-1)17(16-28-22)9-12-26-13-14-27-23-15-19(5-6-21(23)26)25-18-7-10-24-11-8-18/h1-2,4-8,10-11,15-16,20H,3,9,12-14H2,(H,24,25). The molecule has 2 aromatic rings. The molecule has 5 rings (SSSR count). The van der Waals surface area contributed by atoms with Gasteiger partial charge < -0.3 is 19.7 Å². The zero-order valence-electron chi connectivity index (χ0n) is 15.7. The number of pyridine rings is 1. The van der Waals surface area contributed by atoms with Crippen LogP contribution in [0.25, 0.3) is 0 Å². The maximum atomic E-state index is 5.94. The quantitative estimate of drug-likeness (QED) is 0.817. The van der Waals surface area contributed by atoms with Crippen LogP contribution >= 0.6 is 0 Å². The van der Waals surface area contributed by atoms with E-state index < -0.39 is 0 Å². The zero-order chi connectivity index (χ0) is 18.8. The molecule has 2 aliphatic heterocycles. The van der Waals surface area contributed by atoms with Gasteiger partial charge in [-0.05, 0) is 48.8 Å². The number of hydrogen-bond acceptors (Lipinski definition) is 5. The third kappa shape index (κ3) is 3.36. The van der Waals surface area contributed by atoms with E-state index in [0.29, 0.717) is 12.5 Å². The minimum atomic E-state index is 0.428. The summed E-state index contributed by atoms with van der Waals surface area (Å²) in [5.41, 5.74) is 4.58. The van der Waals surface area contributed by atoms with Crippen molar-refractivity contribution < 1.29 is 9.47 Å². The number of hydrogen-bond donors (Lipinski definition) is 1. The van der Waals surface area contributed by atoms with E-state index in [1.807, 2.05) is 18.4 Å². The highest BCUT2D eigenvalue weighted by atomic mass is 16.5. The normalized spacial score (nSPS) is 19.7. The average molecular weight is 373 g/mol. The maximum Gasteiger partial charge on any atom is 0.144 e. The largest absolute Gasteiger partial charge is 0.489 e. The molecule has 1 unspecified atom stereocenters. The first-order valence-corrected chi connectivity index (χ1v) is 9.78.